The van der Waals surface area contributed by atoms with Crippen LogP contribution in [0.2, 0.25) is 0 Å². The summed E-state index contributed by atoms with van der Waals surface area (Å²) in [5.74, 6) is 0. The van der Waals surface area contributed by atoms with Crippen molar-refractivity contribution in [2.24, 2.45) is 0 Å². The van der Waals surface area contributed by atoms with E-state index in [9.17, 15) is 0 Å². The van der Waals surface area contributed by atoms with Gasteiger partial charge in [0.1, 0.15) is 0 Å². The molecule has 18 nitrogen and oxygen atoms in total. The van der Waals surface area contributed by atoms with Gasteiger partial charge in [-0.2, -0.15) is 0 Å². The van der Waals surface area contributed by atoms with Crippen LogP contribution in [0.1, 0.15) is 0 Å². The van der Waals surface area contributed by atoms with Crippen LogP contribution in [0.4, 0.5) is 0 Å². The first-order valence-corrected chi connectivity index (χ1v) is 30.1. The number of nitriles is 18. The van der Waals surface area contributed by atoms with Crippen LogP contribution in [0.3, 0.4) is 0 Å². The summed E-state index contributed by atoms with van der Waals surface area (Å²) in [7, 11) is 0. The summed E-state index contributed by atoms with van der Waals surface area (Å²) in [5, 5.41) is 155. The second kappa shape index (κ2) is 11.3. The molecule has 0 saturated heterocycles. The van der Waals surface area contributed by atoms with E-state index in [2.05, 4.69) is 0 Å². The predicted octanol–water partition coefficient (Wildman–Crippen LogP) is 0.290. The molecule has 23 heteroatoms. The van der Waals surface area contributed by atoms with E-state index in [1.54, 1.807) is 0 Å². The molecule has 41 heavy (non-hydrogen) atoms. The SMILES string of the molecule is N#[C][Os-2]([C]#N)([C]#N)([C]#N)([C]#N)[C]#N.N#[C][Os-2]([C]#N)([C]#N)([C]#N)([C]#N)[C]#N.N#[C][Os-2]([C]#N)([C]#N)([C]#N)([C]#N)[C]#N.[Fe+3].[Fe+3]. The Morgan fingerprint density at radius 1 is 0.171 bits per heavy atom. The van der Waals surface area contributed by atoms with Crippen LogP contribution >= 0.6 is 0 Å². The summed E-state index contributed by atoms with van der Waals surface area (Å²) in [4.78, 5) is 0. The van der Waals surface area contributed by atoms with Gasteiger partial charge in [0, 0.05) is 0 Å². The molecule has 0 saturated carbocycles. The van der Waals surface area contributed by atoms with E-state index in [4.69, 9.17) is 94.7 Å². The molecule has 0 fully saturated rings. The van der Waals surface area contributed by atoms with Crippen molar-refractivity contribution in [3.05, 3.63) is 0 Å². The van der Waals surface area contributed by atoms with E-state index in [0.29, 0.717) is 0 Å². The van der Waals surface area contributed by atoms with E-state index >= 15 is 0 Å². The molecule has 202 valence electrons. The van der Waals surface area contributed by atoms with Gasteiger partial charge in [-0.15, -0.1) is 0 Å². The number of hydrogen-bond acceptors (Lipinski definition) is 18. The first-order valence-electron chi connectivity index (χ1n) is 7.21. The van der Waals surface area contributed by atoms with Crippen molar-refractivity contribution in [1.82, 2.24) is 0 Å². The van der Waals surface area contributed by atoms with Gasteiger partial charge in [-0.25, -0.2) is 0 Å². The second-order valence-corrected chi connectivity index (χ2v) is 44.2. The quantitative estimate of drug-likeness (QED) is 0.294. The number of hydrogen-bond donors (Lipinski definition) is 0. The van der Waals surface area contributed by atoms with Crippen LogP contribution in [-0.4, -0.2) is 0 Å². The predicted molar refractivity (Wildman–Crippen MR) is 101 cm³/mol. The van der Waals surface area contributed by atoms with E-state index in [0.717, 1.165) is 83.2 Å². The molecule has 0 aromatic heterocycles. The minimum Gasteiger partial charge on any atom is 3.00 e. The van der Waals surface area contributed by atoms with Crippen molar-refractivity contribution in [2.75, 3.05) is 0 Å². The third-order valence-electron chi connectivity index (χ3n) is 3.56. The Balaban J connectivity index is -0.000000154. The van der Waals surface area contributed by atoms with Crippen LogP contribution in [0.15, 0.2) is 0 Å². The first-order chi connectivity index (χ1) is 17.9. The molecule has 0 heterocycles. The number of nitrogens with zero attached hydrogens (tertiary/aromatic N) is 18. The van der Waals surface area contributed by atoms with Crippen LogP contribution in [-0.2, 0) is 72.1 Å². The molecular formula is C18Fe2N18Os3. The molecule has 0 aromatic rings. The maximum absolute atomic E-state index is 8.60. The van der Waals surface area contributed by atoms with Gasteiger partial charge >= 0.3 is 250 Å². The average Bonchev–Trinajstić information content (AvgIpc) is 3.06. The molecule has 2 radical (unpaired) electrons. The molecule has 0 aromatic carbocycles. The smallest absolute Gasteiger partial charge is 3.00 e. The summed E-state index contributed by atoms with van der Waals surface area (Å²) in [6.07, 6.45) is 0. The largest absolute Gasteiger partial charge is 3.00 e. The van der Waals surface area contributed by atoms with Crippen LogP contribution in [0, 0.1) is 178 Å². The summed E-state index contributed by atoms with van der Waals surface area (Å²) in [5.41, 5.74) is 0. The Kier molecular flexibility index (Phi) is 12.3. The Bertz CT molecular complexity index is 1410. The molecule has 0 aliphatic rings. The molecule has 0 unspecified atom stereocenters. The fraction of sp³-hybridized carbons (Fsp3) is 0. The van der Waals surface area contributed by atoms with Gasteiger partial charge < -0.3 is 0 Å². The van der Waals surface area contributed by atoms with Gasteiger partial charge in [-0.1, -0.05) is 0 Å². The summed E-state index contributed by atoms with van der Waals surface area (Å²) in [6, 6.07) is 0. The van der Waals surface area contributed by atoms with Gasteiger partial charge in [-0.05, 0) is 0 Å². The van der Waals surface area contributed by atoms with E-state index < -0.39 is 37.9 Å². The molecule has 0 aliphatic heterocycles. The third kappa shape index (κ3) is 4.86. The molecule has 0 N–H and O–H groups in total. The van der Waals surface area contributed by atoms with E-state index in [-0.39, 0.29) is 34.1 Å². The van der Waals surface area contributed by atoms with Gasteiger partial charge in [0.2, 0.25) is 0 Å². The first kappa shape index (κ1) is 44.7. The van der Waals surface area contributed by atoms with Crippen molar-refractivity contribution in [2.45, 2.75) is 0 Å². The summed E-state index contributed by atoms with van der Waals surface area (Å²) >= 11 is -20.3. The zero-order valence-corrected chi connectivity index (χ0v) is 28.6. The van der Waals surface area contributed by atoms with Gasteiger partial charge in [0.05, 0.1) is 0 Å². The molecule has 0 aliphatic carbocycles. The minimum atomic E-state index is -6.75. The van der Waals surface area contributed by atoms with E-state index in [1.807, 2.05) is 0 Å². The number of rotatable bonds is 0. The van der Waals surface area contributed by atoms with Crippen molar-refractivity contribution < 1.29 is 72.1 Å². The Morgan fingerprint density at radius 2 is 0.220 bits per heavy atom. The van der Waals surface area contributed by atoms with Gasteiger partial charge in [0.15, 0.2) is 0 Å². The van der Waals surface area contributed by atoms with Gasteiger partial charge in [-0.3, -0.25) is 0 Å². The zero-order chi connectivity index (χ0) is 32.0. The van der Waals surface area contributed by atoms with Crippen molar-refractivity contribution in [3.8, 4) is 83.2 Å². The third-order valence-corrected chi connectivity index (χ3v) is 29.1. The fourth-order valence-corrected chi connectivity index (χ4v) is 6.51. The molecule has 0 bridgehead atoms. The van der Waals surface area contributed by atoms with Crippen molar-refractivity contribution in [1.29, 1.82) is 94.7 Å². The molecule has 0 spiro atoms. The minimum absolute atomic E-state index is 0. The maximum atomic E-state index is 8.60. The van der Waals surface area contributed by atoms with Crippen LogP contribution < -0.4 is 0 Å². The summed E-state index contributed by atoms with van der Waals surface area (Å²) in [6.45, 7) is 0. The Morgan fingerprint density at radius 3 is 0.220 bits per heavy atom. The average molecular weight is 1150 g/mol. The van der Waals surface area contributed by atoms with Crippen molar-refractivity contribution in [3.63, 3.8) is 0 Å². The topological polar surface area (TPSA) is 428 Å². The normalized spacial score (nSPS) is 12.7. The molecular weight excluding hydrogens is 1150 g/mol. The van der Waals surface area contributed by atoms with E-state index in [1.165, 1.54) is 0 Å². The Hall–Kier alpha value is -6.23. The van der Waals surface area contributed by atoms with Crippen LogP contribution in [0.25, 0.3) is 0 Å². The van der Waals surface area contributed by atoms with Crippen LogP contribution in [0.5, 0.6) is 0 Å². The Labute approximate surface area is 247 Å². The summed E-state index contributed by atoms with van der Waals surface area (Å²) < 4.78 is 19.4. The second-order valence-electron chi connectivity index (χ2n) is 5.40. The monoisotopic (exact) mass is 1160 g/mol. The molecule has 0 amide bonds. The standard InChI is InChI=1S/18CN.2Fe.3Os/c18*1-2;;;;;/q;;;;;;;;;;;;;;;;;;2*+3;3*-2. The van der Waals surface area contributed by atoms with Crippen molar-refractivity contribution >= 4 is 0 Å². The molecule has 0 atom stereocenters. The molecule has 0 rings (SSSR count). The van der Waals surface area contributed by atoms with Gasteiger partial charge in [0.25, 0.3) is 0 Å². The fourth-order valence-electron chi connectivity index (χ4n) is 0.795. The maximum Gasteiger partial charge on any atom is 3.00 e. The zero-order valence-electron chi connectivity index (χ0n) is 18.8.